The molecule has 2 heterocycles. The lowest BCUT2D eigenvalue weighted by molar-refractivity contribution is 0.497. The molecule has 0 amide bonds. The maximum Gasteiger partial charge on any atom is 0.283 e. The molecule has 0 saturated heterocycles. The summed E-state index contributed by atoms with van der Waals surface area (Å²) in [7, 11) is 0. The fraction of sp³-hybridized carbons (Fsp3) is 0.385. The Bertz CT molecular complexity index is 592. The van der Waals surface area contributed by atoms with E-state index >= 15 is 0 Å². The Morgan fingerprint density at radius 2 is 2.37 bits per heavy atom. The average molecular weight is 326 g/mol. The first-order valence-corrected chi connectivity index (χ1v) is 6.95. The molecule has 0 fully saturated rings. The van der Waals surface area contributed by atoms with Crippen molar-refractivity contribution in [2.75, 3.05) is 5.32 Å². The fourth-order valence-electron chi connectivity index (χ4n) is 1.84. The smallest absolute Gasteiger partial charge is 0.283 e. The molecule has 102 valence electrons. The van der Waals surface area contributed by atoms with Gasteiger partial charge in [-0.3, -0.25) is 4.79 Å². The van der Waals surface area contributed by atoms with Crippen molar-refractivity contribution in [2.24, 2.45) is 0 Å². The summed E-state index contributed by atoms with van der Waals surface area (Å²) in [6.45, 7) is 4.47. The largest absolute Gasteiger partial charge is 0.469 e. The van der Waals surface area contributed by atoms with Crippen molar-refractivity contribution in [1.29, 1.82) is 0 Å². The van der Waals surface area contributed by atoms with Crippen LogP contribution in [-0.2, 0) is 13.0 Å². The number of aromatic nitrogens is 2. The Hall–Kier alpha value is -1.56. The number of hydrogen-bond donors (Lipinski definition) is 1. The summed E-state index contributed by atoms with van der Waals surface area (Å²) in [6, 6.07) is 3.93. The van der Waals surface area contributed by atoms with E-state index in [9.17, 15) is 4.79 Å². The fourth-order valence-corrected chi connectivity index (χ4v) is 2.26. The summed E-state index contributed by atoms with van der Waals surface area (Å²) in [5.41, 5.74) is 0.575. The Morgan fingerprint density at radius 3 is 3.00 bits per heavy atom. The number of rotatable bonds is 5. The van der Waals surface area contributed by atoms with Crippen LogP contribution in [0, 0.1) is 0 Å². The van der Waals surface area contributed by atoms with Crippen LogP contribution in [0.15, 0.2) is 38.3 Å². The SMILES string of the molecule is CCn1ncc(NC(C)Cc2ccco2)c(Br)c1=O. The Labute approximate surface area is 119 Å². The van der Waals surface area contributed by atoms with Gasteiger partial charge in [0.25, 0.3) is 5.56 Å². The van der Waals surface area contributed by atoms with Gasteiger partial charge in [0.1, 0.15) is 10.2 Å². The molecule has 1 N–H and O–H groups in total. The molecular formula is C13H16BrN3O2. The Balaban J connectivity index is 2.11. The van der Waals surface area contributed by atoms with Crippen molar-refractivity contribution < 1.29 is 4.42 Å². The number of nitrogens with one attached hydrogen (secondary N) is 1. The molecule has 0 aliphatic heterocycles. The second-order valence-corrected chi connectivity index (χ2v) is 5.12. The highest BCUT2D eigenvalue weighted by molar-refractivity contribution is 9.10. The number of furan rings is 1. The molecule has 0 saturated carbocycles. The zero-order chi connectivity index (χ0) is 13.8. The second-order valence-electron chi connectivity index (χ2n) is 4.32. The maximum absolute atomic E-state index is 11.9. The predicted molar refractivity (Wildman–Crippen MR) is 77.4 cm³/mol. The molecular weight excluding hydrogens is 310 g/mol. The van der Waals surface area contributed by atoms with Gasteiger partial charge in [-0.1, -0.05) is 0 Å². The van der Waals surface area contributed by atoms with E-state index in [0.717, 1.165) is 12.2 Å². The van der Waals surface area contributed by atoms with Gasteiger partial charge in [-0.05, 0) is 41.9 Å². The summed E-state index contributed by atoms with van der Waals surface area (Å²) >= 11 is 3.32. The van der Waals surface area contributed by atoms with Crippen LogP contribution < -0.4 is 10.9 Å². The minimum atomic E-state index is -0.127. The van der Waals surface area contributed by atoms with Crippen molar-refractivity contribution in [1.82, 2.24) is 9.78 Å². The average Bonchev–Trinajstić information content (AvgIpc) is 2.88. The van der Waals surface area contributed by atoms with Gasteiger partial charge in [0.2, 0.25) is 0 Å². The zero-order valence-corrected chi connectivity index (χ0v) is 12.5. The van der Waals surface area contributed by atoms with Crippen molar-refractivity contribution in [3.05, 3.63) is 45.2 Å². The van der Waals surface area contributed by atoms with E-state index < -0.39 is 0 Å². The first-order valence-electron chi connectivity index (χ1n) is 6.16. The van der Waals surface area contributed by atoms with Crippen LogP contribution in [0.2, 0.25) is 0 Å². The monoisotopic (exact) mass is 325 g/mol. The molecule has 0 spiro atoms. The van der Waals surface area contributed by atoms with E-state index in [1.807, 2.05) is 26.0 Å². The minimum Gasteiger partial charge on any atom is -0.469 e. The van der Waals surface area contributed by atoms with E-state index in [1.165, 1.54) is 4.68 Å². The Morgan fingerprint density at radius 1 is 1.58 bits per heavy atom. The molecule has 19 heavy (non-hydrogen) atoms. The molecule has 0 bridgehead atoms. The van der Waals surface area contributed by atoms with Crippen LogP contribution in [0.1, 0.15) is 19.6 Å². The highest BCUT2D eigenvalue weighted by Gasteiger charge is 2.11. The third-order valence-corrected chi connectivity index (χ3v) is 3.54. The Kier molecular flexibility index (Phi) is 4.42. The van der Waals surface area contributed by atoms with Crippen molar-refractivity contribution in [3.8, 4) is 0 Å². The quantitative estimate of drug-likeness (QED) is 0.918. The van der Waals surface area contributed by atoms with E-state index in [-0.39, 0.29) is 11.6 Å². The van der Waals surface area contributed by atoms with Gasteiger partial charge >= 0.3 is 0 Å². The van der Waals surface area contributed by atoms with Gasteiger partial charge in [-0.2, -0.15) is 5.10 Å². The molecule has 1 atom stereocenters. The first kappa shape index (κ1) is 13.9. The maximum atomic E-state index is 11.9. The predicted octanol–water partition coefficient (Wildman–Crippen LogP) is 2.66. The van der Waals surface area contributed by atoms with Crippen molar-refractivity contribution in [2.45, 2.75) is 32.9 Å². The van der Waals surface area contributed by atoms with Gasteiger partial charge in [-0.15, -0.1) is 0 Å². The van der Waals surface area contributed by atoms with Crippen LogP contribution >= 0.6 is 15.9 Å². The summed E-state index contributed by atoms with van der Waals surface area (Å²) < 4.78 is 7.22. The third kappa shape index (κ3) is 3.26. The molecule has 6 heteroatoms. The van der Waals surface area contributed by atoms with Gasteiger partial charge in [0.05, 0.1) is 18.1 Å². The van der Waals surface area contributed by atoms with Crippen molar-refractivity contribution in [3.63, 3.8) is 0 Å². The van der Waals surface area contributed by atoms with E-state index in [4.69, 9.17) is 4.42 Å². The zero-order valence-electron chi connectivity index (χ0n) is 10.9. The standard InChI is InChI=1S/C13H16BrN3O2/c1-3-17-13(18)12(14)11(8-15-17)16-9(2)7-10-5-4-6-19-10/h4-6,8-9,16H,3,7H2,1-2H3. The van der Waals surface area contributed by atoms with Crippen molar-refractivity contribution >= 4 is 21.6 Å². The molecule has 2 aromatic rings. The minimum absolute atomic E-state index is 0.127. The molecule has 0 radical (unpaired) electrons. The summed E-state index contributed by atoms with van der Waals surface area (Å²) in [6.07, 6.45) is 4.06. The molecule has 5 nitrogen and oxygen atoms in total. The lowest BCUT2D eigenvalue weighted by Crippen LogP contribution is -2.26. The summed E-state index contributed by atoms with van der Waals surface area (Å²) in [5, 5.41) is 7.35. The topological polar surface area (TPSA) is 60.1 Å². The highest BCUT2D eigenvalue weighted by Crippen LogP contribution is 2.18. The molecule has 2 rings (SSSR count). The lowest BCUT2D eigenvalue weighted by Gasteiger charge is -2.15. The molecule has 0 aliphatic carbocycles. The molecule has 2 aromatic heterocycles. The number of anilines is 1. The van der Waals surface area contributed by atoms with Gasteiger partial charge in [0.15, 0.2) is 0 Å². The highest BCUT2D eigenvalue weighted by atomic mass is 79.9. The normalized spacial score (nSPS) is 12.4. The molecule has 0 aromatic carbocycles. The van der Waals surface area contributed by atoms with Crippen LogP contribution in [0.5, 0.6) is 0 Å². The van der Waals surface area contributed by atoms with E-state index in [2.05, 4.69) is 26.3 Å². The summed E-state index contributed by atoms with van der Waals surface area (Å²) in [5.74, 6) is 0.908. The van der Waals surface area contributed by atoms with Crippen LogP contribution in [0.4, 0.5) is 5.69 Å². The second kappa shape index (κ2) is 6.06. The first-order chi connectivity index (χ1) is 9.11. The van der Waals surface area contributed by atoms with Gasteiger partial charge in [0, 0.05) is 19.0 Å². The van der Waals surface area contributed by atoms with Gasteiger partial charge in [-0.25, -0.2) is 4.68 Å². The van der Waals surface area contributed by atoms with Crippen LogP contribution in [0.25, 0.3) is 0 Å². The van der Waals surface area contributed by atoms with Crippen LogP contribution in [0.3, 0.4) is 0 Å². The lowest BCUT2D eigenvalue weighted by atomic mass is 10.2. The summed E-state index contributed by atoms with van der Waals surface area (Å²) in [4.78, 5) is 11.9. The number of halogens is 1. The number of hydrogen-bond acceptors (Lipinski definition) is 4. The number of nitrogens with zero attached hydrogens (tertiary/aromatic N) is 2. The third-order valence-electron chi connectivity index (χ3n) is 2.77. The molecule has 0 aliphatic rings. The van der Waals surface area contributed by atoms with E-state index in [0.29, 0.717) is 16.7 Å². The number of aryl methyl sites for hydroxylation is 1. The van der Waals surface area contributed by atoms with Gasteiger partial charge < -0.3 is 9.73 Å². The van der Waals surface area contributed by atoms with E-state index in [1.54, 1.807) is 12.5 Å². The molecule has 1 unspecified atom stereocenters. The van der Waals surface area contributed by atoms with Crippen LogP contribution in [-0.4, -0.2) is 15.8 Å².